The monoisotopic (exact) mass is 348 g/mol. The molecule has 0 aliphatic rings. The van der Waals surface area contributed by atoms with E-state index in [0.29, 0.717) is 16.9 Å². The molecule has 130 valence electrons. The van der Waals surface area contributed by atoms with Crippen LogP contribution in [-0.2, 0) is 4.74 Å². The fourth-order valence-electron chi connectivity index (χ4n) is 2.34. The molecule has 1 aromatic heterocycles. The van der Waals surface area contributed by atoms with Crippen molar-refractivity contribution in [2.45, 2.75) is 0 Å². The number of amides is 1. The number of H-pyrrole nitrogens is 1. The number of benzene rings is 2. The van der Waals surface area contributed by atoms with E-state index in [4.69, 9.17) is 4.74 Å². The number of hydrogen-bond donors (Lipinski definition) is 2. The molecule has 6 heteroatoms. The first-order chi connectivity index (χ1) is 12.6. The highest BCUT2D eigenvalue weighted by Crippen LogP contribution is 2.17. The van der Waals surface area contributed by atoms with Gasteiger partial charge < -0.3 is 15.0 Å². The number of carbonyl (C=O) groups is 3. The Hall–Kier alpha value is -3.67. The molecule has 3 rings (SSSR count). The molecule has 1 heterocycles. The summed E-state index contributed by atoms with van der Waals surface area (Å²) in [7, 11) is 0. The molecule has 0 saturated carbocycles. The fraction of sp³-hybridized carbons (Fsp3) is 0.0500. The molecule has 0 saturated heterocycles. The second-order valence-corrected chi connectivity index (χ2v) is 5.45. The lowest BCUT2D eigenvalue weighted by atomic mass is 10.1. The maximum absolute atomic E-state index is 12.3. The third-order valence-corrected chi connectivity index (χ3v) is 3.66. The summed E-state index contributed by atoms with van der Waals surface area (Å²) in [6.07, 6.45) is 1.61. The molecule has 6 nitrogen and oxygen atoms in total. The molecule has 1 amide bonds. The van der Waals surface area contributed by atoms with Crippen LogP contribution in [0.2, 0.25) is 0 Å². The molecule has 26 heavy (non-hydrogen) atoms. The number of ether oxygens (including phenoxy) is 1. The minimum atomic E-state index is -0.686. The Bertz CT molecular complexity index is 918. The SMILES string of the molecule is O=C(Nc1ccccc1C(=O)OCC(=O)c1ccc[nH]1)c1ccccc1. The molecule has 0 bridgehead atoms. The van der Waals surface area contributed by atoms with E-state index in [2.05, 4.69) is 10.3 Å². The summed E-state index contributed by atoms with van der Waals surface area (Å²) < 4.78 is 5.08. The van der Waals surface area contributed by atoms with Crippen molar-refractivity contribution in [3.8, 4) is 0 Å². The van der Waals surface area contributed by atoms with Crippen molar-refractivity contribution in [3.63, 3.8) is 0 Å². The number of carbonyl (C=O) groups excluding carboxylic acids is 3. The Labute approximate surface area is 149 Å². The van der Waals surface area contributed by atoms with E-state index in [0.717, 1.165) is 0 Å². The van der Waals surface area contributed by atoms with Crippen LogP contribution < -0.4 is 5.32 Å². The van der Waals surface area contributed by atoms with E-state index < -0.39 is 5.97 Å². The van der Waals surface area contributed by atoms with E-state index in [1.165, 1.54) is 6.07 Å². The molecule has 0 atom stereocenters. The van der Waals surface area contributed by atoms with Gasteiger partial charge in [-0.2, -0.15) is 0 Å². The summed E-state index contributed by atoms with van der Waals surface area (Å²) >= 11 is 0. The first-order valence-electron chi connectivity index (χ1n) is 7.94. The van der Waals surface area contributed by atoms with Crippen LogP contribution in [0.15, 0.2) is 72.9 Å². The van der Waals surface area contributed by atoms with Crippen LogP contribution in [0.1, 0.15) is 31.2 Å². The molecule has 0 aliphatic heterocycles. The van der Waals surface area contributed by atoms with Gasteiger partial charge in [0, 0.05) is 11.8 Å². The number of Topliss-reactive ketones (excluding diaryl/α,β-unsaturated/α-hetero) is 1. The van der Waals surface area contributed by atoms with Gasteiger partial charge >= 0.3 is 5.97 Å². The van der Waals surface area contributed by atoms with Gasteiger partial charge in [0.2, 0.25) is 5.78 Å². The van der Waals surface area contributed by atoms with Crippen LogP contribution in [-0.4, -0.2) is 29.3 Å². The number of aromatic amines is 1. The first-order valence-corrected chi connectivity index (χ1v) is 7.94. The molecule has 0 spiro atoms. The van der Waals surface area contributed by atoms with Crippen molar-refractivity contribution in [1.82, 2.24) is 4.98 Å². The topological polar surface area (TPSA) is 88.3 Å². The first kappa shape index (κ1) is 17.2. The molecule has 0 unspecified atom stereocenters. The molecule has 0 radical (unpaired) electrons. The van der Waals surface area contributed by atoms with Crippen LogP contribution in [0.5, 0.6) is 0 Å². The highest BCUT2D eigenvalue weighted by Gasteiger charge is 2.17. The molecular formula is C20H16N2O4. The largest absolute Gasteiger partial charge is 0.454 e. The maximum Gasteiger partial charge on any atom is 0.340 e. The number of aromatic nitrogens is 1. The van der Waals surface area contributed by atoms with Crippen molar-refractivity contribution in [2.75, 3.05) is 11.9 Å². The normalized spacial score (nSPS) is 10.2. The Morgan fingerprint density at radius 1 is 0.885 bits per heavy atom. The highest BCUT2D eigenvalue weighted by molar-refractivity contribution is 6.08. The Kier molecular flexibility index (Phi) is 5.24. The number of rotatable bonds is 6. The smallest absolute Gasteiger partial charge is 0.340 e. The van der Waals surface area contributed by atoms with Gasteiger partial charge in [0.15, 0.2) is 6.61 Å². The third-order valence-electron chi connectivity index (χ3n) is 3.66. The second-order valence-electron chi connectivity index (χ2n) is 5.45. The van der Waals surface area contributed by atoms with E-state index in [-0.39, 0.29) is 23.9 Å². The minimum absolute atomic E-state index is 0.177. The van der Waals surface area contributed by atoms with E-state index in [9.17, 15) is 14.4 Å². The zero-order valence-corrected chi connectivity index (χ0v) is 13.8. The highest BCUT2D eigenvalue weighted by atomic mass is 16.5. The summed E-state index contributed by atoms with van der Waals surface area (Å²) in [5.74, 6) is -1.36. The number of hydrogen-bond acceptors (Lipinski definition) is 4. The van der Waals surface area contributed by atoms with Crippen molar-refractivity contribution in [2.24, 2.45) is 0 Å². The van der Waals surface area contributed by atoms with Crippen LogP contribution in [0.25, 0.3) is 0 Å². The summed E-state index contributed by atoms with van der Waals surface area (Å²) in [5.41, 5.74) is 1.33. The minimum Gasteiger partial charge on any atom is -0.454 e. The number of nitrogens with one attached hydrogen (secondary N) is 2. The quantitative estimate of drug-likeness (QED) is 0.528. The second kappa shape index (κ2) is 7.94. The molecule has 2 aromatic carbocycles. The Balaban J connectivity index is 1.69. The number of esters is 1. The molecular weight excluding hydrogens is 332 g/mol. The average Bonchev–Trinajstić information content (AvgIpc) is 3.22. The number of para-hydroxylation sites is 1. The molecule has 3 aromatic rings. The van der Waals surface area contributed by atoms with Gasteiger partial charge in [0.25, 0.3) is 5.91 Å². The van der Waals surface area contributed by atoms with Crippen LogP contribution in [0, 0.1) is 0 Å². The zero-order valence-electron chi connectivity index (χ0n) is 13.8. The van der Waals surface area contributed by atoms with Gasteiger partial charge in [-0.15, -0.1) is 0 Å². The molecule has 0 aliphatic carbocycles. The lowest BCUT2D eigenvalue weighted by Crippen LogP contribution is -2.18. The van der Waals surface area contributed by atoms with Gasteiger partial charge in [-0.1, -0.05) is 30.3 Å². The third kappa shape index (κ3) is 4.05. The van der Waals surface area contributed by atoms with Gasteiger partial charge in [-0.05, 0) is 36.4 Å². The van der Waals surface area contributed by atoms with Crippen molar-refractivity contribution >= 4 is 23.3 Å². The predicted molar refractivity (Wildman–Crippen MR) is 96.2 cm³/mol. The summed E-state index contributed by atoms with van der Waals surface area (Å²) in [6.45, 7) is -0.389. The van der Waals surface area contributed by atoms with Gasteiger partial charge in [0.05, 0.1) is 16.9 Å². The number of ketones is 1. The van der Waals surface area contributed by atoms with Crippen LogP contribution in [0.4, 0.5) is 5.69 Å². The number of anilines is 1. The zero-order chi connectivity index (χ0) is 18.4. The van der Waals surface area contributed by atoms with Crippen molar-refractivity contribution in [1.29, 1.82) is 0 Å². The summed E-state index contributed by atoms with van der Waals surface area (Å²) in [6, 6.07) is 18.4. The Morgan fingerprint density at radius 3 is 2.35 bits per heavy atom. The van der Waals surface area contributed by atoms with Crippen LogP contribution >= 0.6 is 0 Å². The lowest BCUT2D eigenvalue weighted by Gasteiger charge is -2.10. The van der Waals surface area contributed by atoms with Crippen molar-refractivity contribution in [3.05, 3.63) is 89.7 Å². The van der Waals surface area contributed by atoms with Gasteiger partial charge in [0.1, 0.15) is 0 Å². The fourth-order valence-corrected chi connectivity index (χ4v) is 2.34. The van der Waals surface area contributed by atoms with E-state index >= 15 is 0 Å². The van der Waals surface area contributed by atoms with E-state index in [1.807, 2.05) is 6.07 Å². The standard InChI is InChI=1S/C20H16N2O4/c23-18(17-11-6-12-21-17)13-26-20(25)15-9-4-5-10-16(15)22-19(24)14-7-2-1-3-8-14/h1-12,21H,13H2,(H,22,24). The van der Waals surface area contributed by atoms with E-state index in [1.54, 1.807) is 60.8 Å². The maximum atomic E-state index is 12.3. The Morgan fingerprint density at radius 2 is 1.62 bits per heavy atom. The lowest BCUT2D eigenvalue weighted by molar-refractivity contribution is 0.0474. The van der Waals surface area contributed by atoms with Gasteiger partial charge in [-0.3, -0.25) is 9.59 Å². The summed E-state index contributed by atoms with van der Waals surface area (Å²) in [5, 5.41) is 2.69. The molecule has 0 fully saturated rings. The summed E-state index contributed by atoms with van der Waals surface area (Å²) in [4.78, 5) is 39.3. The van der Waals surface area contributed by atoms with Crippen LogP contribution in [0.3, 0.4) is 0 Å². The molecule has 2 N–H and O–H groups in total. The predicted octanol–water partition coefficient (Wildman–Crippen LogP) is 3.31. The van der Waals surface area contributed by atoms with Gasteiger partial charge in [-0.25, -0.2) is 4.79 Å². The van der Waals surface area contributed by atoms with Crippen molar-refractivity contribution < 1.29 is 19.1 Å². The average molecular weight is 348 g/mol.